The molecule has 0 aromatic heterocycles. The second kappa shape index (κ2) is 3.17. The molecule has 15 heavy (non-hydrogen) atoms. The summed E-state index contributed by atoms with van der Waals surface area (Å²) in [6.45, 7) is 8.58. The van der Waals surface area contributed by atoms with Crippen molar-refractivity contribution in [2.24, 2.45) is 5.92 Å². The van der Waals surface area contributed by atoms with Crippen LogP contribution in [0.15, 0.2) is 0 Å². The number of halogens is 1. The predicted molar refractivity (Wildman–Crippen MR) is 66.8 cm³/mol. The minimum Gasteiger partial charge on any atom is -0.410 e. The zero-order valence-corrected chi connectivity index (χ0v) is 12.5. The van der Waals surface area contributed by atoms with E-state index in [-0.39, 0.29) is 11.5 Å². The zero-order valence-electron chi connectivity index (χ0n) is 9.89. The van der Waals surface area contributed by atoms with E-state index in [0.717, 1.165) is 19.3 Å². The Balaban J connectivity index is 2.29. The van der Waals surface area contributed by atoms with E-state index >= 15 is 0 Å². The van der Waals surface area contributed by atoms with E-state index in [0.29, 0.717) is 5.78 Å². The van der Waals surface area contributed by atoms with Crippen LogP contribution in [0.3, 0.4) is 0 Å². The molecule has 0 aliphatic heterocycles. The molecule has 2 aliphatic carbocycles. The quantitative estimate of drug-likeness (QED) is 0.577. The summed E-state index contributed by atoms with van der Waals surface area (Å²) in [5, 5.41) is 0. The van der Waals surface area contributed by atoms with E-state index in [1.165, 1.54) is 0 Å². The van der Waals surface area contributed by atoms with Crippen molar-refractivity contribution in [2.45, 2.75) is 55.8 Å². The fourth-order valence-corrected chi connectivity index (χ4v) is 5.63. The van der Waals surface area contributed by atoms with E-state index in [1.807, 2.05) is 6.92 Å². The highest BCUT2D eigenvalue weighted by Gasteiger charge is 2.71. The molecule has 3 atom stereocenters. The highest BCUT2D eigenvalue weighted by Crippen LogP contribution is 2.61. The van der Waals surface area contributed by atoms with Crippen molar-refractivity contribution in [3.05, 3.63) is 0 Å². The minimum absolute atomic E-state index is 0.161. The number of alkyl halides is 1. The molecule has 86 valence electrons. The molecular weight excluding hydrogens is 272 g/mol. The van der Waals surface area contributed by atoms with Crippen LogP contribution < -0.4 is 0 Å². The number of hydrogen-bond acceptors (Lipinski definition) is 2. The van der Waals surface area contributed by atoms with E-state index in [2.05, 4.69) is 35.6 Å². The van der Waals surface area contributed by atoms with Gasteiger partial charge in [-0.15, -0.1) is 0 Å². The van der Waals surface area contributed by atoms with E-state index < -0.39 is 12.6 Å². The summed E-state index contributed by atoms with van der Waals surface area (Å²) in [5.74, 6) is 0.506. The fourth-order valence-electron chi connectivity index (χ4n) is 3.10. The lowest BCUT2D eigenvalue weighted by Crippen LogP contribution is -2.72. The summed E-state index contributed by atoms with van der Waals surface area (Å²) in [7, 11) is -1.59. The van der Waals surface area contributed by atoms with Crippen LogP contribution >= 0.6 is 15.9 Å². The Bertz CT molecular complexity index is 308. The van der Waals surface area contributed by atoms with E-state index in [4.69, 9.17) is 4.43 Å². The van der Waals surface area contributed by atoms with Gasteiger partial charge < -0.3 is 4.43 Å². The van der Waals surface area contributed by atoms with E-state index in [9.17, 15) is 4.79 Å². The second-order valence-corrected chi connectivity index (χ2v) is 11.9. The van der Waals surface area contributed by atoms with Crippen LogP contribution in [0.4, 0.5) is 0 Å². The third-order valence-corrected chi connectivity index (χ3v) is 5.70. The topological polar surface area (TPSA) is 26.3 Å². The molecule has 0 bridgehead atoms. The van der Waals surface area contributed by atoms with Crippen molar-refractivity contribution >= 4 is 30.0 Å². The number of rotatable bonds is 2. The molecule has 0 radical (unpaired) electrons. The Morgan fingerprint density at radius 2 is 2.07 bits per heavy atom. The van der Waals surface area contributed by atoms with Gasteiger partial charge in [-0.3, -0.25) is 4.79 Å². The van der Waals surface area contributed by atoms with Gasteiger partial charge in [0.15, 0.2) is 14.1 Å². The van der Waals surface area contributed by atoms with Crippen LogP contribution in [0.25, 0.3) is 0 Å². The van der Waals surface area contributed by atoms with Gasteiger partial charge in [0.1, 0.15) is 4.32 Å². The predicted octanol–water partition coefficient (Wildman–Crippen LogP) is 3.11. The van der Waals surface area contributed by atoms with Gasteiger partial charge in [-0.2, -0.15) is 0 Å². The SMILES string of the molecule is CC1(Br)C(=O)C2CCC[C@@]21O[Si](C)(C)C. The van der Waals surface area contributed by atoms with Gasteiger partial charge >= 0.3 is 0 Å². The largest absolute Gasteiger partial charge is 0.410 e. The molecule has 0 aromatic carbocycles. The molecule has 4 heteroatoms. The summed E-state index contributed by atoms with van der Waals surface area (Å²) >= 11 is 3.59. The normalized spacial score (nSPS) is 45.1. The van der Waals surface area contributed by atoms with Crippen LogP contribution in [0.5, 0.6) is 0 Å². The van der Waals surface area contributed by atoms with Crippen LogP contribution in [-0.2, 0) is 9.22 Å². The molecule has 2 rings (SSSR count). The summed E-state index contributed by atoms with van der Waals surface area (Å²) in [6.07, 6.45) is 3.18. The molecule has 0 amide bonds. The number of carbonyl (C=O) groups excluding carboxylic acids is 1. The van der Waals surface area contributed by atoms with Gasteiger partial charge in [-0.25, -0.2) is 0 Å². The highest BCUT2D eigenvalue weighted by atomic mass is 79.9. The van der Waals surface area contributed by atoms with E-state index in [1.54, 1.807) is 0 Å². The second-order valence-electron chi connectivity index (χ2n) is 5.92. The maximum absolute atomic E-state index is 11.9. The van der Waals surface area contributed by atoms with Crippen LogP contribution in [0, 0.1) is 5.92 Å². The van der Waals surface area contributed by atoms with Crippen molar-refractivity contribution in [2.75, 3.05) is 0 Å². The monoisotopic (exact) mass is 290 g/mol. The fraction of sp³-hybridized carbons (Fsp3) is 0.909. The molecule has 2 fully saturated rings. The average molecular weight is 291 g/mol. The number of carbonyl (C=O) groups is 1. The smallest absolute Gasteiger partial charge is 0.184 e. The Hall–Kier alpha value is 0.327. The van der Waals surface area contributed by atoms with Crippen molar-refractivity contribution in [3.63, 3.8) is 0 Å². The maximum atomic E-state index is 11.9. The van der Waals surface area contributed by atoms with Gasteiger partial charge in [-0.05, 0) is 45.8 Å². The van der Waals surface area contributed by atoms with Gasteiger partial charge in [0, 0.05) is 5.92 Å². The first kappa shape index (κ1) is 11.8. The Morgan fingerprint density at radius 3 is 2.60 bits per heavy atom. The molecule has 0 N–H and O–H groups in total. The molecule has 0 saturated heterocycles. The molecule has 2 unspecified atom stereocenters. The zero-order chi connectivity index (χ0) is 11.5. The first-order valence-corrected chi connectivity index (χ1v) is 9.84. The first-order valence-electron chi connectivity index (χ1n) is 5.64. The van der Waals surface area contributed by atoms with Gasteiger partial charge in [0.05, 0.1) is 5.60 Å². The van der Waals surface area contributed by atoms with Crippen LogP contribution in [0.2, 0.25) is 19.6 Å². The standard InChI is InChI=1S/C11H19BrO2Si/c1-10(12)9(13)8-6-5-7-11(8,10)14-15(2,3)4/h8H,5-7H2,1-4H3/t8?,10?,11-/m1/s1. The summed E-state index contributed by atoms with van der Waals surface area (Å²) in [5.41, 5.74) is -0.186. The molecular formula is C11H19BrO2Si. The maximum Gasteiger partial charge on any atom is 0.184 e. The molecule has 2 nitrogen and oxygen atoms in total. The van der Waals surface area contributed by atoms with Crippen molar-refractivity contribution < 1.29 is 9.22 Å². The average Bonchev–Trinajstić information content (AvgIpc) is 2.43. The molecule has 2 aliphatic rings. The van der Waals surface area contributed by atoms with Crippen molar-refractivity contribution in [1.29, 1.82) is 0 Å². The summed E-state index contributed by atoms with van der Waals surface area (Å²) in [6, 6.07) is 0. The molecule has 0 heterocycles. The minimum atomic E-state index is -1.59. The molecule has 2 saturated carbocycles. The Labute approximate surface area is 101 Å². The first-order chi connectivity index (χ1) is 6.71. The molecule has 0 aromatic rings. The summed E-state index contributed by atoms with van der Waals surface area (Å²) < 4.78 is 5.91. The van der Waals surface area contributed by atoms with Crippen LogP contribution in [0.1, 0.15) is 26.2 Å². The number of fused-ring (bicyclic) bond motifs is 1. The van der Waals surface area contributed by atoms with Crippen molar-refractivity contribution in [3.8, 4) is 0 Å². The van der Waals surface area contributed by atoms with Gasteiger partial charge in [-0.1, -0.05) is 15.9 Å². The lowest BCUT2D eigenvalue weighted by Gasteiger charge is -2.57. The van der Waals surface area contributed by atoms with Gasteiger partial charge in [0.2, 0.25) is 0 Å². The third kappa shape index (κ3) is 1.48. The highest BCUT2D eigenvalue weighted by molar-refractivity contribution is 9.10. The third-order valence-electron chi connectivity index (χ3n) is 3.67. The lowest BCUT2D eigenvalue weighted by molar-refractivity contribution is -0.156. The number of ketones is 1. The molecule has 0 spiro atoms. The Kier molecular flexibility index (Phi) is 2.50. The lowest BCUT2D eigenvalue weighted by atomic mass is 9.62. The Morgan fingerprint density at radius 1 is 1.47 bits per heavy atom. The van der Waals surface area contributed by atoms with Crippen LogP contribution in [-0.4, -0.2) is 24.0 Å². The number of hydrogen-bond donors (Lipinski definition) is 0. The summed E-state index contributed by atoms with van der Waals surface area (Å²) in [4.78, 5) is 11.9. The van der Waals surface area contributed by atoms with Gasteiger partial charge in [0.25, 0.3) is 0 Å². The number of Topliss-reactive ketones (excluding diaryl/α,β-unsaturated/α-hetero) is 1. The van der Waals surface area contributed by atoms with Crippen molar-refractivity contribution in [1.82, 2.24) is 0 Å².